The first-order valence-corrected chi connectivity index (χ1v) is 5.44. The van der Waals surface area contributed by atoms with Gasteiger partial charge in [-0.3, -0.25) is 15.0 Å². The van der Waals surface area contributed by atoms with E-state index in [-0.39, 0.29) is 12.3 Å². The van der Waals surface area contributed by atoms with E-state index >= 15 is 0 Å². The van der Waals surface area contributed by atoms with Crippen molar-refractivity contribution in [2.45, 2.75) is 6.42 Å². The summed E-state index contributed by atoms with van der Waals surface area (Å²) in [5.41, 5.74) is 0.538. The topological polar surface area (TPSA) is 58.6 Å². The summed E-state index contributed by atoms with van der Waals surface area (Å²) in [6.07, 6.45) is 0.263. The third-order valence-corrected chi connectivity index (χ3v) is 2.82. The fourth-order valence-corrected chi connectivity index (χ4v) is 1.84. The van der Waals surface area contributed by atoms with E-state index in [2.05, 4.69) is 5.32 Å². The number of amides is 3. The molecule has 1 N–H and O–H groups in total. The number of benzene rings is 1. The number of nitrogens with one attached hydrogen (secondary N) is 1. The number of rotatable bonds is 2. The Morgan fingerprint density at radius 2 is 2.18 bits per heavy atom. The van der Waals surface area contributed by atoms with Gasteiger partial charge in [0.2, 0.25) is 5.91 Å². The first-order valence-electron chi connectivity index (χ1n) is 5.06. The Hall–Kier alpha value is -1.75. The molecule has 1 aromatic carbocycles. The first kappa shape index (κ1) is 11.7. The molecule has 1 saturated heterocycles. The van der Waals surface area contributed by atoms with E-state index in [4.69, 9.17) is 16.3 Å². The summed E-state index contributed by atoms with van der Waals surface area (Å²) >= 11 is 6.03. The van der Waals surface area contributed by atoms with E-state index in [1.807, 2.05) is 0 Å². The Morgan fingerprint density at radius 1 is 1.41 bits per heavy atom. The number of carbonyl (C=O) groups excluding carboxylic acids is 2. The Labute approximate surface area is 103 Å². The van der Waals surface area contributed by atoms with Crippen molar-refractivity contribution < 1.29 is 14.3 Å². The number of imide groups is 1. The van der Waals surface area contributed by atoms with Crippen LogP contribution in [0.5, 0.6) is 5.75 Å². The predicted molar refractivity (Wildman–Crippen MR) is 63.5 cm³/mol. The van der Waals surface area contributed by atoms with Crippen molar-refractivity contribution in [3.05, 3.63) is 23.2 Å². The molecule has 1 aliphatic heterocycles. The maximum absolute atomic E-state index is 11.7. The fraction of sp³-hybridized carbons (Fsp3) is 0.273. The normalized spacial score (nSPS) is 15.8. The highest BCUT2D eigenvalue weighted by atomic mass is 35.5. The highest BCUT2D eigenvalue weighted by molar-refractivity contribution is 6.34. The molecule has 0 unspecified atom stereocenters. The van der Waals surface area contributed by atoms with Crippen molar-refractivity contribution in [2.24, 2.45) is 0 Å². The average Bonchev–Trinajstić information content (AvgIpc) is 2.30. The number of hydrogen-bond acceptors (Lipinski definition) is 3. The maximum atomic E-state index is 11.7. The zero-order valence-corrected chi connectivity index (χ0v) is 9.95. The lowest BCUT2D eigenvalue weighted by Gasteiger charge is -2.27. The van der Waals surface area contributed by atoms with Gasteiger partial charge in [0.25, 0.3) is 0 Å². The molecule has 0 atom stereocenters. The van der Waals surface area contributed by atoms with Crippen molar-refractivity contribution in [1.82, 2.24) is 5.32 Å². The summed E-state index contributed by atoms with van der Waals surface area (Å²) in [5.74, 6) is 0.333. The van der Waals surface area contributed by atoms with E-state index in [9.17, 15) is 9.59 Å². The first-order chi connectivity index (χ1) is 8.11. The van der Waals surface area contributed by atoms with Crippen LogP contribution in [0.25, 0.3) is 0 Å². The minimum absolute atomic E-state index is 0.263. The zero-order valence-electron chi connectivity index (χ0n) is 9.20. The lowest BCUT2D eigenvalue weighted by Crippen LogP contribution is -2.49. The standard InChI is InChI=1S/C11H11ClN2O3/c1-17-7-2-3-8(12)9(6-7)14-5-4-10(15)13-11(14)16/h2-3,6H,4-5H2,1H3,(H,13,15,16). The number of anilines is 1. The predicted octanol–water partition coefficient (Wildman–Crippen LogP) is 1.79. The van der Waals surface area contributed by atoms with E-state index in [0.29, 0.717) is 23.0 Å². The molecular formula is C11H11ClN2O3. The van der Waals surface area contributed by atoms with Crippen molar-refractivity contribution in [1.29, 1.82) is 0 Å². The molecular weight excluding hydrogens is 244 g/mol. The van der Waals surface area contributed by atoms with Crippen LogP contribution < -0.4 is 15.0 Å². The maximum Gasteiger partial charge on any atom is 0.328 e. The zero-order chi connectivity index (χ0) is 12.4. The van der Waals surface area contributed by atoms with Gasteiger partial charge in [0.15, 0.2) is 0 Å². The minimum atomic E-state index is -0.462. The van der Waals surface area contributed by atoms with E-state index in [1.165, 1.54) is 12.0 Å². The molecule has 0 radical (unpaired) electrons. The van der Waals surface area contributed by atoms with E-state index in [1.54, 1.807) is 18.2 Å². The van der Waals surface area contributed by atoms with Crippen LogP contribution in [-0.4, -0.2) is 25.6 Å². The molecule has 3 amide bonds. The minimum Gasteiger partial charge on any atom is -0.497 e. The summed E-state index contributed by atoms with van der Waals surface area (Å²) in [4.78, 5) is 24.1. The van der Waals surface area contributed by atoms with E-state index in [0.717, 1.165) is 0 Å². The monoisotopic (exact) mass is 254 g/mol. The fourth-order valence-electron chi connectivity index (χ4n) is 1.62. The molecule has 0 aromatic heterocycles. The number of urea groups is 1. The highest BCUT2D eigenvalue weighted by Gasteiger charge is 2.25. The summed E-state index contributed by atoms with van der Waals surface area (Å²) in [6, 6.07) is 4.56. The molecule has 0 aliphatic carbocycles. The van der Waals surface area contributed by atoms with Crippen LogP contribution in [0.15, 0.2) is 18.2 Å². The molecule has 17 heavy (non-hydrogen) atoms. The second kappa shape index (κ2) is 4.63. The second-order valence-electron chi connectivity index (χ2n) is 3.57. The second-order valence-corrected chi connectivity index (χ2v) is 3.98. The molecule has 0 spiro atoms. The molecule has 6 heteroatoms. The van der Waals surface area contributed by atoms with Crippen molar-refractivity contribution in [2.75, 3.05) is 18.6 Å². The molecule has 0 saturated carbocycles. The van der Waals surface area contributed by atoms with Gasteiger partial charge in [-0.25, -0.2) is 4.79 Å². The molecule has 1 heterocycles. The number of halogens is 1. The summed E-state index contributed by atoms with van der Waals surface area (Å²) in [6.45, 7) is 0.317. The van der Waals surface area contributed by atoms with Crippen molar-refractivity contribution in [3.63, 3.8) is 0 Å². The van der Waals surface area contributed by atoms with Crippen LogP contribution in [-0.2, 0) is 4.79 Å². The van der Waals surface area contributed by atoms with Gasteiger partial charge in [-0.15, -0.1) is 0 Å². The number of nitrogens with zero attached hydrogens (tertiary/aromatic N) is 1. The van der Waals surface area contributed by atoms with Gasteiger partial charge < -0.3 is 4.74 Å². The number of ether oxygens (including phenoxy) is 1. The lowest BCUT2D eigenvalue weighted by atomic mass is 10.2. The third-order valence-electron chi connectivity index (χ3n) is 2.50. The highest BCUT2D eigenvalue weighted by Crippen LogP contribution is 2.30. The van der Waals surface area contributed by atoms with Gasteiger partial charge in [-0.05, 0) is 12.1 Å². The van der Waals surface area contributed by atoms with Gasteiger partial charge in [-0.2, -0.15) is 0 Å². The number of methoxy groups -OCH3 is 1. The van der Waals surface area contributed by atoms with Gasteiger partial charge in [0.1, 0.15) is 5.75 Å². The number of carbonyl (C=O) groups is 2. The molecule has 2 rings (SSSR count). The van der Waals surface area contributed by atoms with Crippen LogP contribution in [0, 0.1) is 0 Å². The smallest absolute Gasteiger partial charge is 0.328 e. The quantitative estimate of drug-likeness (QED) is 0.875. The largest absolute Gasteiger partial charge is 0.497 e. The molecule has 90 valence electrons. The van der Waals surface area contributed by atoms with Gasteiger partial charge in [-0.1, -0.05) is 11.6 Å². The van der Waals surface area contributed by atoms with Crippen LogP contribution in [0.4, 0.5) is 10.5 Å². The van der Waals surface area contributed by atoms with E-state index < -0.39 is 6.03 Å². The Morgan fingerprint density at radius 3 is 2.82 bits per heavy atom. The molecule has 1 fully saturated rings. The van der Waals surface area contributed by atoms with Crippen LogP contribution in [0.2, 0.25) is 5.02 Å². The Balaban J connectivity index is 2.33. The average molecular weight is 255 g/mol. The summed E-state index contributed by atoms with van der Waals surface area (Å²) < 4.78 is 5.07. The summed E-state index contributed by atoms with van der Waals surface area (Å²) in [7, 11) is 1.53. The molecule has 5 nitrogen and oxygen atoms in total. The third kappa shape index (κ3) is 2.34. The molecule has 0 bridgehead atoms. The van der Waals surface area contributed by atoms with Crippen LogP contribution in [0.3, 0.4) is 0 Å². The van der Waals surface area contributed by atoms with Crippen LogP contribution in [0.1, 0.15) is 6.42 Å². The van der Waals surface area contributed by atoms with Gasteiger partial charge >= 0.3 is 6.03 Å². The van der Waals surface area contributed by atoms with Crippen molar-refractivity contribution in [3.8, 4) is 5.75 Å². The Kier molecular flexibility index (Phi) is 3.19. The number of hydrogen-bond donors (Lipinski definition) is 1. The summed E-state index contributed by atoms with van der Waals surface area (Å²) in [5, 5.41) is 2.68. The van der Waals surface area contributed by atoms with Crippen molar-refractivity contribution >= 4 is 29.2 Å². The van der Waals surface area contributed by atoms with Gasteiger partial charge in [0, 0.05) is 19.0 Å². The molecule has 1 aliphatic rings. The van der Waals surface area contributed by atoms with Crippen LogP contribution >= 0.6 is 11.6 Å². The SMILES string of the molecule is COc1ccc(Cl)c(N2CCC(=O)NC2=O)c1. The van der Waals surface area contributed by atoms with Gasteiger partial charge in [0.05, 0.1) is 17.8 Å². The molecule has 1 aromatic rings. The Bertz CT molecular complexity index is 476. The lowest BCUT2D eigenvalue weighted by molar-refractivity contribution is -0.120.